The summed E-state index contributed by atoms with van der Waals surface area (Å²) in [4.78, 5) is 14.0. The lowest BCUT2D eigenvalue weighted by atomic mass is 9.76. The quantitative estimate of drug-likeness (QED) is 0.101. The second kappa shape index (κ2) is 16.2. The molecule has 0 bridgehead atoms. The molecule has 1 atom stereocenters. The van der Waals surface area contributed by atoms with E-state index in [4.69, 9.17) is 4.74 Å². The Morgan fingerprint density at radius 1 is 0.953 bits per heavy atom. The summed E-state index contributed by atoms with van der Waals surface area (Å²) in [5.41, 5.74) is 4.76. The lowest BCUT2D eigenvalue weighted by Crippen LogP contribution is -2.26. The molecule has 3 aromatic rings. The maximum Gasteiger partial charge on any atom is 0.333 e. The zero-order valence-electron chi connectivity index (χ0n) is 27.0. The molecular formula is C39H52FNO2. The predicted molar refractivity (Wildman–Crippen MR) is 179 cm³/mol. The zero-order valence-corrected chi connectivity index (χ0v) is 27.0. The van der Waals surface area contributed by atoms with E-state index in [0.29, 0.717) is 24.0 Å². The fourth-order valence-corrected chi connectivity index (χ4v) is 6.73. The van der Waals surface area contributed by atoms with Crippen LogP contribution in [0.4, 0.5) is 4.39 Å². The van der Waals surface area contributed by atoms with Crippen LogP contribution < -0.4 is 0 Å². The molecule has 0 aromatic heterocycles. The number of rotatable bonds is 15. The summed E-state index contributed by atoms with van der Waals surface area (Å²) in [6.45, 7) is 8.98. The van der Waals surface area contributed by atoms with Gasteiger partial charge in [-0.05, 0) is 123 Å². The SMILES string of the molecule is C=C(C)C(=O)OCC(CCCC1CCC(c2ccc3cc(-c4ccc(CCCCC)c(F)c4)ccc3c2)CC1)CN(C)C. The van der Waals surface area contributed by atoms with Gasteiger partial charge >= 0.3 is 5.97 Å². The Morgan fingerprint density at radius 2 is 1.65 bits per heavy atom. The van der Waals surface area contributed by atoms with E-state index >= 15 is 0 Å². The third kappa shape index (κ3) is 9.76. The van der Waals surface area contributed by atoms with Crippen LogP contribution in [0, 0.1) is 17.7 Å². The van der Waals surface area contributed by atoms with Crippen molar-refractivity contribution in [1.82, 2.24) is 4.90 Å². The van der Waals surface area contributed by atoms with Gasteiger partial charge in [-0.1, -0.05) is 81.7 Å². The Hall–Kier alpha value is -2.98. The Kier molecular flexibility index (Phi) is 12.4. The number of halogens is 1. The molecule has 0 spiro atoms. The van der Waals surface area contributed by atoms with E-state index in [2.05, 4.69) is 75.0 Å². The van der Waals surface area contributed by atoms with Crippen LogP contribution in [0.5, 0.6) is 0 Å². The molecule has 0 radical (unpaired) electrons. The maximum absolute atomic E-state index is 14.8. The van der Waals surface area contributed by atoms with Crippen LogP contribution in [0.25, 0.3) is 21.9 Å². The van der Waals surface area contributed by atoms with E-state index in [-0.39, 0.29) is 11.8 Å². The lowest BCUT2D eigenvalue weighted by Gasteiger charge is -2.29. The summed E-state index contributed by atoms with van der Waals surface area (Å²) in [5.74, 6) is 1.40. The molecule has 0 N–H and O–H groups in total. The van der Waals surface area contributed by atoms with Gasteiger partial charge in [-0.2, -0.15) is 0 Å². The highest BCUT2D eigenvalue weighted by Gasteiger charge is 2.23. The molecular weight excluding hydrogens is 533 g/mol. The highest BCUT2D eigenvalue weighted by molar-refractivity contribution is 5.88. The molecule has 1 saturated carbocycles. The minimum Gasteiger partial charge on any atom is -0.462 e. The van der Waals surface area contributed by atoms with Crippen LogP contribution in [-0.4, -0.2) is 38.1 Å². The summed E-state index contributed by atoms with van der Waals surface area (Å²) in [7, 11) is 4.16. The van der Waals surface area contributed by atoms with E-state index in [1.807, 2.05) is 6.07 Å². The Labute approximate surface area is 259 Å². The van der Waals surface area contributed by atoms with Crippen LogP contribution in [0.3, 0.4) is 0 Å². The topological polar surface area (TPSA) is 29.5 Å². The average molecular weight is 586 g/mol. The Balaban J connectivity index is 1.28. The fraction of sp³-hybridized carbons (Fsp3) is 0.513. The first-order valence-corrected chi connectivity index (χ1v) is 16.5. The number of esters is 1. The molecule has 3 nitrogen and oxygen atoms in total. The largest absolute Gasteiger partial charge is 0.462 e. The van der Waals surface area contributed by atoms with Crippen molar-refractivity contribution in [2.75, 3.05) is 27.2 Å². The first-order chi connectivity index (χ1) is 20.7. The van der Waals surface area contributed by atoms with Crippen molar-refractivity contribution in [3.8, 4) is 11.1 Å². The zero-order chi connectivity index (χ0) is 30.8. The van der Waals surface area contributed by atoms with Crippen molar-refractivity contribution >= 4 is 16.7 Å². The molecule has 1 fully saturated rings. The summed E-state index contributed by atoms with van der Waals surface area (Å²) >= 11 is 0. The summed E-state index contributed by atoms with van der Waals surface area (Å²) in [6.07, 6.45) is 12.7. The van der Waals surface area contributed by atoms with E-state index in [1.54, 1.807) is 13.0 Å². The van der Waals surface area contributed by atoms with Gasteiger partial charge in [-0.3, -0.25) is 0 Å². The Bertz CT molecular complexity index is 1350. The number of hydrogen-bond donors (Lipinski definition) is 0. The van der Waals surface area contributed by atoms with Gasteiger partial charge in [0.15, 0.2) is 0 Å². The first-order valence-electron chi connectivity index (χ1n) is 16.5. The van der Waals surface area contributed by atoms with Gasteiger partial charge in [-0.25, -0.2) is 9.18 Å². The van der Waals surface area contributed by atoms with Gasteiger partial charge in [0.05, 0.1) is 6.61 Å². The van der Waals surface area contributed by atoms with Crippen LogP contribution in [-0.2, 0) is 16.0 Å². The van der Waals surface area contributed by atoms with Crippen molar-refractivity contribution in [2.24, 2.45) is 11.8 Å². The average Bonchev–Trinajstić information content (AvgIpc) is 3.00. The molecule has 4 rings (SSSR count). The molecule has 43 heavy (non-hydrogen) atoms. The van der Waals surface area contributed by atoms with Crippen LogP contribution >= 0.6 is 0 Å². The molecule has 0 heterocycles. The number of carbonyl (C=O) groups excluding carboxylic acids is 1. The van der Waals surface area contributed by atoms with Gasteiger partial charge in [0.2, 0.25) is 0 Å². The third-order valence-corrected chi connectivity index (χ3v) is 9.27. The summed E-state index contributed by atoms with van der Waals surface area (Å²) < 4.78 is 20.2. The van der Waals surface area contributed by atoms with Crippen molar-refractivity contribution in [3.63, 3.8) is 0 Å². The second-order valence-electron chi connectivity index (χ2n) is 13.2. The fourth-order valence-electron chi connectivity index (χ4n) is 6.73. The number of unbranched alkanes of at least 4 members (excludes halogenated alkanes) is 2. The van der Waals surface area contributed by atoms with E-state index < -0.39 is 0 Å². The predicted octanol–water partition coefficient (Wildman–Crippen LogP) is 10.1. The van der Waals surface area contributed by atoms with Gasteiger partial charge < -0.3 is 9.64 Å². The number of carbonyl (C=O) groups is 1. The molecule has 1 unspecified atom stereocenters. The third-order valence-electron chi connectivity index (χ3n) is 9.27. The maximum atomic E-state index is 14.8. The number of fused-ring (bicyclic) bond motifs is 1. The lowest BCUT2D eigenvalue weighted by molar-refractivity contribution is -0.140. The first kappa shape index (κ1) is 32.9. The summed E-state index contributed by atoms with van der Waals surface area (Å²) in [6, 6.07) is 19.2. The van der Waals surface area contributed by atoms with Gasteiger partial charge in [0.1, 0.15) is 5.82 Å². The number of nitrogens with zero attached hydrogens (tertiary/aromatic N) is 1. The van der Waals surface area contributed by atoms with E-state index in [0.717, 1.165) is 61.3 Å². The van der Waals surface area contributed by atoms with Crippen molar-refractivity contribution < 1.29 is 13.9 Å². The molecule has 0 aliphatic heterocycles. The highest BCUT2D eigenvalue weighted by Crippen LogP contribution is 2.39. The smallest absolute Gasteiger partial charge is 0.333 e. The highest BCUT2D eigenvalue weighted by atomic mass is 19.1. The molecule has 0 amide bonds. The normalized spacial score (nSPS) is 17.7. The van der Waals surface area contributed by atoms with Gasteiger partial charge in [-0.15, -0.1) is 0 Å². The van der Waals surface area contributed by atoms with Crippen LogP contribution in [0.15, 0.2) is 66.7 Å². The second-order valence-corrected chi connectivity index (χ2v) is 13.2. The number of hydrogen-bond acceptors (Lipinski definition) is 3. The molecule has 1 aliphatic rings. The van der Waals surface area contributed by atoms with Crippen molar-refractivity contribution in [2.45, 2.75) is 90.4 Å². The van der Waals surface area contributed by atoms with Gasteiger partial charge in [0.25, 0.3) is 0 Å². The number of ether oxygens (including phenoxy) is 1. The van der Waals surface area contributed by atoms with E-state index in [9.17, 15) is 9.18 Å². The molecule has 1 aliphatic carbocycles. The van der Waals surface area contributed by atoms with Crippen molar-refractivity contribution in [3.05, 3.63) is 83.7 Å². The molecule has 232 valence electrons. The molecule has 0 saturated heterocycles. The standard InChI is InChI=1S/C39H52FNO2/c1-6-7-8-12-32-17-18-37(25-38(32)40)36-22-21-34-23-33(19-20-35(34)24-36)31-15-13-29(14-16-31)10-9-11-30(26-41(4)5)27-43-39(42)28(2)3/h17-25,29-31H,2,6-16,26-27H2,1,3-5H3. The minimum atomic E-state index is -0.283. The van der Waals surface area contributed by atoms with E-state index in [1.165, 1.54) is 54.9 Å². The number of benzene rings is 3. The van der Waals surface area contributed by atoms with Gasteiger partial charge in [0, 0.05) is 18.0 Å². The number of aryl methyl sites for hydroxylation is 1. The minimum absolute atomic E-state index is 0.0860. The monoisotopic (exact) mass is 585 g/mol. The van der Waals surface area contributed by atoms with Crippen molar-refractivity contribution in [1.29, 1.82) is 0 Å². The van der Waals surface area contributed by atoms with Crippen LogP contribution in [0.2, 0.25) is 0 Å². The summed E-state index contributed by atoms with van der Waals surface area (Å²) in [5, 5.41) is 2.47. The Morgan fingerprint density at radius 3 is 2.35 bits per heavy atom. The molecule has 3 aromatic carbocycles. The molecule has 4 heteroatoms. The van der Waals surface area contributed by atoms with Crippen LogP contribution in [0.1, 0.15) is 95.1 Å².